The fourth-order valence-corrected chi connectivity index (χ4v) is 2.72. The summed E-state index contributed by atoms with van der Waals surface area (Å²) in [7, 11) is -3.53. The highest BCUT2D eigenvalue weighted by Gasteiger charge is 2.21. The highest BCUT2D eigenvalue weighted by Crippen LogP contribution is 2.30. The molecule has 18 heavy (non-hydrogen) atoms. The van der Waals surface area contributed by atoms with Crippen LogP contribution in [0, 0.1) is 10.1 Å². The van der Waals surface area contributed by atoms with Crippen LogP contribution in [0.4, 0.5) is 5.69 Å². The molecule has 0 amide bonds. The maximum Gasteiger partial charge on any atom is 0.312 e. The number of alkyl halides is 1. The Morgan fingerprint density at radius 2 is 2.11 bits per heavy atom. The van der Waals surface area contributed by atoms with Crippen LogP contribution in [0.1, 0.15) is 13.3 Å². The molecule has 0 unspecified atom stereocenters. The van der Waals surface area contributed by atoms with Crippen LogP contribution in [0.25, 0.3) is 0 Å². The van der Waals surface area contributed by atoms with Gasteiger partial charge in [-0.2, -0.15) is 0 Å². The van der Waals surface area contributed by atoms with Gasteiger partial charge in [-0.1, -0.05) is 22.9 Å². The number of nitro benzene ring substituents is 1. The molecule has 0 aliphatic carbocycles. The molecule has 0 saturated carbocycles. The lowest BCUT2D eigenvalue weighted by molar-refractivity contribution is -0.386. The minimum atomic E-state index is -3.53. The zero-order valence-corrected chi connectivity index (χ0v) is 12.0. The molecule has 0 aromatic heterocycles. The highest BCUT2D eigenvalue weighted by molar-refractivity contribution is 9.10. The second kappa shape index (κ2) is 6.14. The number of nitro groups is 1. The van der Waals surface area contributed by atoms with Gasteiger partial charge in [0.05, 0.1) is 16.4 Å². The quantitative estimate of drug-likeness (QED) is 0.452. The van der Waals surface area contributed by atoms with E-state index in [1.54, 1.807) is 0 Å². The standard InChI is InChI=1S/C10H12BrNO5S/c1-2-5-17-10-4-3-8(18(15,16)7-11)6-9(10)12(13)14/h3-4,6H,2,5,7H2,1H3. The van der Waals surface area contributed by atoms with E-state index >= 15 is 0 Å². The first kappa shape index (κ1) is 14.9. The number of sulfone groups is 1. The molecule has 0 aliphatic rings. The van der Waals surface area contributed by atoms with Crippen LogP contribution in [0.3, 0.4) is 0 Å². The summed E-state index contributed by atoms with van der Waals surface area (Å²) in [4.78, 5) is 10.1. The third kappa shape index (κ3) is 3.42. The summed E-state index contributed by atoms with van der Waals surface area (Å²) < 4.78 is 28.1. The first-order valence-corrected chi connectivity index (χ1v) is 7.89. The zero-order valence-electron chi connectivity index (χ0n) is 9.63. The number of ether oxygens (including phenoxy) is 1. The van der Waals surface area contributed by atoms with Crippen molar-refractivity contribution in [2.45, 2.75) is 18.2 Å². The van der Waals surface area contributed by atoms with Gasteiger partial charge in [0.15, 0.2) is 15.6 Å². The predicted molar refractivity (Wildman–Crippen MR) is 69.9 cm³/mol. The van der Waals surface area contributed by atoms with Gasteiger partial charge in [-0.15, -0.1) is 0 Å². The molecule has 1 rings (SSSR count). The molecule has 0 spiro atoms. The van der Waals surface area contributed by atoms with Crippen molar-refractivity contribution in [2.75, 3.05) is 11.3 Å². The SMILES string of the molecule is CCCOc1ccc(S(=O)(=O)CBr)cc1[N+](=O)[O-]. The summed E-state index contributed by atoms with van der Waals surface area (Å²) in [5, 5.41) is 10.9. The fourth-order valence-electron chi connectivity index (χ4n) is 1.23. The summed E-state index contributed by atoms with van der Waals surface area (Å²) >= 11 is 2.84. The Balaban J connectivity index is 3.23. The van der Waals surface area contributed by atoms with Crippen molar-refractivity contribution in [1.29, 1.82) is 0 Å². The van der Waals surface area contributed by atoms with Gasteiger partial charge in [0.2, 0.25) is 0 Å². The Morgan fingerprint density at radius 1 is 1.44 bits per heavy atom. The van der Waals surface area contributed by atoms with E-state index in [0.29, 0.717) is 13.0 Å². The average molecular weight is 338 g/mol. The predicted octanol–water partition coefficient (Wildman–Crippen LogP) is 2.51. The molecule has 0 aliphatic heterocycles. The van der Waals surface area contributed by atoms with E-state index in [4.69, 9.17) is 4.74 Å². The smallest absolute Gasteiger partial charge is 0.312 e. The van der Waals surface area contributed by atoms with Crippen LogP contribution in [0.2, 0.25) is 0 Å². The van der Waals surface area contributed by atoms with E-state index in [2.05, 4.69) is 15.9 Å². The number of rotatable bonds is 6. The minimum Gasteiger partial charge on any atom is -0.487 e. The van der Waals surface area contributed by atoms with E-state index in [9.17, 15) is 18.5 Å². The van der Waals surface area contributed by atoms with Crippen LogP contribution < -0.4 is 4.74 Å². The van der Waals surface area contributed by atoms with E-state index in [-0.39, 0.29) is 21.0 Å². The van der Waals surface area contributed by atoms with Crippen molar-refractivity contribution in [3.05, 3.63) is 28.3 Å². The Morgan fingerprint density at radius 3 is 2.61 bits per heavy atom. The molecule has 0 saturated heterocycles. The Hall–Kier alpha value is -1.15. The molecule has 0 N–H and O–H groups in total. The van der Waals surface area contributed by atoms with Crippen molar-refractivity contribution in [3.8, 4) is 5.75 Å². The molecule has 1 aromatic rings. The molecule has 0 heterocycles. The number of halogens is 1. The van der Waals surface area contributed by atoms with Gasteiger partial charge < -0.3 is 4.74 Å². The van der Waals surface area contributed by atoms with Gasteiger partial charge in [-0.3, -0.25) is 10.1 Å². The monoisotopic (exact) mass is 337 g/mol. The lowest BCUT2D eigenvalue weighted by atomic mass is 10.3. The Labute approximate surface area is 113 Å². The summed E-state index contributed by atoms with van der Waals surface area (Å²) in [5.74, 6) is 0.0790. The number of hydrogen-bond acceptors (Lipinski definition) is 5. The molecular weight excluding hydrogens is 326 g/mol. The maximum atomic E-state index is 11.6. The Bertz CT molecular complexity index is 543. The lowest BCUT2D eigenvalue weighted by Crippen LogP contribution is -2.04. The molecular formula is C10H12BrNO5S. The number of hydrogen-bond donors (Lipinski definition) is 0. The largest absolute Gasteiger partial charge is 0.487 e. The van der Waals surface area contributed by atoms with Crippen molar-refractivity contribution in [1.82, 2.24) is 0 Å². The van der Waals surface area contributed by atoms with Crippen molar-refractivity contribution in [2.24, 2.45) is 0 Å². The van der Waals surface area contributed by atoms with Crippen LogP contribution in [0.5, 0.6) is 5.75 Å². The van der Waals surface area contributed by atoms with Crippen LogP contribution >= 0.6 is 15.9 Å². The number of nitrogens with zero attached hydrogens (tertiary/aromatic N) is 1. The van der Waals surface area contributed by atoms with Gasteiger partial charge in [0.25, 0.3) is 0 Å². The first-order chi connectivity index (χ1) is 8.42. The van der Waals surface area contributed by atoms with E-state index < -0.39 is 14.8 Å². The first-order valence-electron chi connectivity index (χ1n) is 5.12. The molecule has 100 valence electrons. The number of benzene rings is 1. The summed E-state index contributed by atoms with van der Waals surface area (Å²) in [5.41, 5.74) is -0.342. The summed E-state index contributed by atoms with van der Waals surface area (Å²) in [6.07, 6.45) is 0.707. The molecule has 0 bridgehead atoms. The van der Waals surface area contributed by atoms with Crippen LogP contribution in [-0.4, -0.2) is 24.6 Å². The summed E-state index contributed by atoms with van der Waals surface area (Å²) in [6.45, 7) is 2.21. The van der Waals surface area contributed by atoms with E-state index in [1.807, 2.05) is 6.92 Å². The van der Waals surface area contributed by atoms with Gasteiger partial charge >= 0.3 is 5.69 Å². The van der Waals surface area contributed by atoms with Gasteiger partial charge in [0.1, 0.15) is 4.66 Å². The zero-order chi connectivity index (χ0) is 13.8. The van der Waals surface area contributed by atoms with Gasteiger partial charge in [0, 0.05) is 6.07 Å². The van der Waals surface area contributed by atoms with Gasteiger partial charge in [-0.05, 0) is 18.6 Å². The maximum absolute atomic E-state index is 11.6. The van der Waals surface area contributed by atoms with E-state index in [0.717, 1.165) is 6.07 Å². The third-order valence-electron chi connectivity index (χ3n) is 2.09. The molecule has 0 fully saturated rings. The topological polar surface area (TPSA) is 86.5 Å². The normalized spacial score (nSPS) is 11.2. The van der Waals surface area contributed by atoms with Gasteiger partial charge in [-0.25, -0.2) is 8.42 Å². The molecule has 8 heteroatoms. The molecule has 1 aromatic carbocycles. The summed E-state index contributed by atoms with van der Waals surface area (Å²) in [6, 6.07) is 3.62. The van der Waals surface area contributed by atoms with Crippen LogP contribution in [0.15, 0.2) is 23.1 Å². The Kier molecular flexibility index (Phi) is 5.09. The molecule has 6 nitrogen and oxygen atoms in total. The second-order valence-corrected chi connectivity index (χ2v) is 6.75. The third-order valence-corrected chi connectivity index (χ3v) is 5.16. The highest BCUT2D eigenvalue weighted by atomic mass is 79.9. The molecule has 0 radical (unpaired) electrons. The van der Waals surface area contributed by atoms with Crippen molar-refractivity contribution in [3.63, 3.8) is 0 Å². The minimum absolute atomic E-state index is 0.0790. The average Bonchev–Trinajstić information content (AvgIpc) is 2.35. The van der Waals surface area contributed by atoms with Crippen molar-refractivity contribution < 1.29 is 18.1 Å². The van der Waals surface area contributed by atoms with Crippen molar-refractivity contribution >= 4 is 31.5 Å². The lowest BCUT2D eigenvalue weighted by Gasteiger charge is -2.07. The molecule has 0 atom stereocenters. The van der Waals surface area contributed by atoms with Crippen LogP contribution in [-0.2, 0) is 9.84 Å². The fraction of sp³-hybridized carbons (Fsp3) is 0.400. The second-order valence-electron chi connectivity index (χ2n) is 3.46. The van der Waals surface area contributed by atoms with E-state index in [1.165, 1.54) is 12.1 Å².